The van der Waals surface area contributed by atoms with E-state index in [1.165, 1.54) is 4.90 Å². The molecule has 0 radical (unpaired) electrons. The summed E-state index contributed by atoms with van der Waals surface area (Å²) in [5.74, 6) is -1.14. The van der Waals surface area contributed by atoms with E-state index in [4.69, 9.17) is 11.6 Å². The van der Waals surface area contributed by atoms with Crippen LogP contribution in [0.1, 0.15) is 48.8 Å². The predicted octanol–water partition coefficient (Wildman–Crippen LogP) is 6.98. The Morgan fingerprint density at radius 1 is 0.978 bits per heavy atom. The van der Waals surface area contributed by atoms with Gasteiger partial charge in [-0.3, -0.25) is 13.9 Å². The van der Waals surface area contributed by atoms with Crippen molar-refractivity contribution >= 4 is 55.1 Å². The van der Waals surface area contributed by atoms with Gasteiger partial charge in [-0.1, -0.05) is 89.3 Å². The molecule has 0 bridgehead atoms. The van der Waals surface area contributed by atoms with Crippen LogP contribution in [-0.2, 0) is 38.8 Å². The molecule has 0 heterocycles. The van der Waals surface area contributed by atoms with Gasteiger partial charge in [-0.15, -0.1) is 0 Å². The Kier molecular flexibility index (Phi) is 11.6. The summed E-state index contributed by atoms with van der Waals surface area (Å²) in [7, 11) is -4.26. The molecule has 0 spiro atoms. The summed E-state index contributed by atoms with van der Waals surface area (Å²) in [6.07, 6.45) is 0.731. The van der Waals surface area contributed by atoms with Crippen molar-refractivity contribution in [2.45, 2.75) is 63.3 Å². The molecule has 0 saturated heterocycles. The fourth-order valence-corrected chi connectivity index (χ4v) is 6.71. The summed E-state index contributed by atoms with van der Waals surface area (Å²) in [6, 6.07) is 17.8. The quantitative estimate of drug-likeness (QED) is 0.231. The SMILES string of the molecule is CS(=O)(=O)N(CC(=O)N(Cc1ccc(Br)cc1)C(Cc1ccccc1)C(=O)NC1CCCCC1)c1ccc(Cl)c(C(F)(F)F)c1. The number of benzene rings is 3. The van der Waals surface area contributed by atoms with E-state index in [1.54, 1.807) is 24.3 Å². The number of carbonyl (C=O) groups is 2. The van der Waals surface area contributed by atoms with Crippen LogP contribution in [0.25, 0.3) is 0 Å². The van der Waals surface area contributed by atoms with Crippen molar-refractivity contribution in [1.29, 1.82) is 0 Å². The minimum absolute atomic E-state index is 0.0479. The van der Waals surface area contributed by atoms with E-state index in [-0.39, 0.29) is 30.6 Å². The lowest BCUT2D eigenvalue weighted by Gasteiger charge is -2.35. The number of halogens is 5. The first-order valence-electron chi connectivity index (χ1n) is 14.4. The molecule has 0 aliphatic heterocycles. The molecule has 2 amide bonds. The van der Waals surface area contributed by atoms with Gasteiger partial charge in [0.15, 0.2) is 0 Å². The number of carbonyl (C=O) groups excluding carboxylic acids is 2. The maximum absolute atomic E-state index is 14.2. The number of hydrogen-bond donors (Lipinski definition) is 1. The lowest BCUT2D eigenvalue weighted by atomic mass is 9.94. The lowest BCUT2D eigenvalue weighted by Crippen LogP contribution is -2.55. The van der Waals surface area contributed by atoms with E-state index in [2.05, 4.69) is 21.2 Å². The Balaban J connectivity index is 1.75. The Labute approximate surface area is 274 Å². The molecule has 3 aromatic carbocycles. The molecule has 7 nitrogen and oxygen atoms in total. The Hall–Kier alpha value is -3.09. The Morgan fingerprint density at radius 3 is 2.22 bits per heavy atom. The zero-order valence-corrected chi connectivity index (χ0v) is 27.7. The topological polar surface area (TPSA) is 86.8 Å². The molecule has 1 unspecified atom stereocenters. The molecule has 1 aliphatic carbocycles. The third-order valence-corrected chi connectivity index (χ3v) is 9.71. The van der Waals surface area contributed by atoms with Crippen molar-refractivity contribution in [3.8, 4) is 0 Å². The zero-order valence-electron chi connectivity index (χ0n) is 24.6. The van der Waals surface area contributed by atoms with Gasteiger partial charge in [0.2, 0.25) is 21.8 Å². The molecule has 4 rings (SSSR count). The highest BCUT2D eigenvalue weighted by Gasteiger charge is 2.37. The molecule has 1 aliphatic rings. The van der Waals surface area contributed by atoms with Crippen molar-refractivity contribution in [2.24, 2.45) is 0 Å². The second kappa shape index (κ2) is 15.0. The van der Waals surface area contributed by atoms with Crippen LogP contribution in [0.2, 0.25) is 5.02 Å². The number of alkyl halides is 3. The normalized spacial score (nSPS) is 14.9. The van der Waals surface area contributed by atoms with E-state index >= 15 is 0 Å². The highest BCUT2D eigenvalue weighted by molar-refractivity contribution is 9.10. The van der Waals surface area contributed by atoms with Crippen LogP contribution in [0.3, 0.4) is 0 Å². The Morgan fingerprint density at radius 2 is 1.62 bits per heavy atom. The van der Waals surface area contributed by atoms with Crippen molar-refractivity contribution in [2.75, 3.05) is 17.1 Å². The molecule has 242 valence electrons. The van der Waals surface area contributed by atoms with E-state index in [1.807, 2.05) is 30.3 Å². The smallest absolute Gasteiger partial charge is 0.352 e. The van der Waals surface area contributed by atoms with Gasteiger partial charge in [0.05, 0.1) is 22.5 Å². The number of amides is 2. The van der Waals surface area contributed by atoms with E-state index < -0.39 is 45.3 Å². The van der Waals surface area contributed by atoms with Crippen LogP contribution in [0, 0.1) is 0 Å². The van der Waals surface area contributed by atoms with Crippen LogP contribution in [0.5, 0.6) is 0 Å². The molecule has 1 fully saturated rings. The Bertz CT molecular complexity index is 1590. The van der Waals surface area contributed by atoms with Gasteiger partial charge in [0.25, 0.3) is 0 Å². The first-order chi connectivity index (χ1) is 21.2. The van der Waals surface area contributed by atoms with Crippen LogP contribution >= 0.6 is 27.5 Å². The van der Waals surface area contributed by atoms with Gasteiger partial charge < -0.3 is 10.2 Å². The van der Waals surface area contributed by atoms with Crippen LogP contribution in [-0.4, -0.2) is 50.0 Å². The lowest BCUT2D eigenvalue weighted by molar-refractivity contribution is -0.140. The molecule has 1 saturated carbocycles. The van der Waals surface area contributed by atoms with Gasteiger partial charge in [0.1, 0.15) is 12.6 Å². The van der Waals surface area contributed by atoms with Crippen LogP contribution in [0.4, 0.5) is 18.9 Å². The van der Waals surface area contributed by atoms with E-state index in [0.29, 0.717) is 15.9 Å². The number of nitrogens with one attached hydrogen (secondary N) is 1. The summed E-state index contributed by atoms with van der Waals surface area (Å²) in [6.45, 7) is -0.885. The number of rotatable bonds is 11. The number of anilines is 1. The minimum atomic E-state index is -4.86. The minimum Gasteiger partial charge on any atom is -0.352 e. The van der Waals surface area contributed by atoms with Crippen molar-refractivity contribution in [3.05, 3.63) is 99.0 Å². The van der Waals surface area contributed by atoms with Crippen molar-refractivity contribution in [1.82, 2.24) is 10.2 Å². The van der Waals surface area contributed by atoms with Crippen molar-refractivity contribution in [3.63, 3.8) is 0 Å². The average molecular weight is 729 g/mol. The maximum Gasteiger partial charge on any atom is 0.417 e. The summed E-state index contributed by atoms with van der Waals surface area (Å²) < 4.78 is 68.3. The molecule has 0 aromatic heterocycles. The predicted molar refractivity (Wildman–Crippen MR) is 172 cm³/mol. The fraction of sp³-hybridized carbons (Fsp3) is 0.375. The van der Waals surface area contributed by atoms with E-state index in [0.717, 1.165) is 60.5 Å². The monoisotopic (exact) mass is 727 g/mol. The van der Waals surface area contributed by atoms with Crippen LogP contribution in [0.15, 0.2) is 77.3 Å². The zero-order chi connectivity index (χ0) is 32.8. The largest absolute Gasteiger partial charge is 0.417 e. The first kappa shape index (κ1) is 34.8. The maximum atomic E-state index is 14.2. The van der Waals surface area contributed by atoms with Gasteiger partial charge >= 0.3 is 6.18 Å². The molecular weight excluding hydrogens is 695 g/mol. The molecular formula is C32H34BrClF3N3O4S. The third kappa shape index (κ3) is 9.70. The van der Waals surface area contributed by atoms with Gasteiger partial charge in [-0.25, -0.2) is 8.42 Å². The standard InChI is InChI=1S/C32H34BrClF3N3O4S/c1-45(43,44)40(26-16-17-28(34)27(19-26)32(35,36)37)21-30(41)39(20-23-12-14-24(33)15-13-23)29(18-22-8-4-2-5-9-22)31(42)38-25-10-6-3-7-11-25/h2,4-5,8-9,12-17,19,25,29H,3,6-7,10-11,18,20-21H2,1H3,(H,38,42). The van der Waals surface area contributed by atoms with Gasteiger partial charge in [-0.05, 0) is 54.3 Å². The van der Waals surface area contributed by atoms with Crippen molar-refractivity contribution < 1.29 is 31.2 Å². The van der Waals surface area contributed by atoms with E-state index in [9.17, 15) is 31.2 Å². The number of sulfonamides is 1. The molecule has 3 aromatic rings. The van der Waals surface area contributed by atoms with Gasteiger partial charge in [0, 0.05) is 23.5 Å². The number of hydrogen-bond acceptors (Lipinski definition) is 4. The first-order valence-corrected chi connectivity index (χ1v) is 17.5. The summed E-state index contributed by atoms with van der Waals surface area (Å²) >= 11 is 9.17. The third-order valence-electron chi connectivity index (χ3n) is 7.71. The summed E-state index contributed by atoms with van der Waals surface area (Å²) in [5.41, 5.74) is -0.157. The second-order valence-electron chi connectivity index (χ2n) is 11.1. The highest BCUT2D eigenvalue weighted by Crippen LogP contribution is 2.37. The number of nitrogens with zero attached hydrogens (tertiary/aromatic N) is 2. The second-order valence-corrected chi connectivity index (χ2v) is 14.4. The summed E-state index contributed by atoms with van der Waals surface area (Å²) in [4.78, 5) is 29.5. The van der Waals surface area contributed by atoms with Crippen LogP contribution < -0.4 is 9.62 Å². The molecule has 1 atom stereocenters. The van der Waals surface area contributed by atoms with Gasteiger partial charge in [-0.2, -0.15) is 13.2 Å². The molecule has 1 N–H and O–H groups in total. The molecule has 45 heavy (non-hydrogen) atoms. The fourth-order valence-electron chi connectivity index (χ4n) is 5.38. The molecule has 13 heteroatoms. The average Bonchev–Trinajstić information content (AvgIpc) is 2.99. The highest BCUT2D eigenvalue weighted by atomic mass is 79.9. The summed E-state index contributed by atoms with van der Waals surface area (Å²) in [5, 5.41) is 2.50.